The summed E-state index contributed by atoms with van der Waals surface area (Å²) in [6.07, 6.45) is 4.38. The largest absolute Gasteiger partial charge is 0.335 e. The maximum atomic E-state index is 13.9. The van der Waals surface area contributed by atoms with Gasteiger partial charge in [0.25, 0.3) is 0 Å². The Labute approximate surface area is 161 Å². The normalized spacial score (nSPS) is 15.9. The molecule has 2 aromatic rings. The van der Waals surface area contributed by atoms with Gasteiger partial charge in [-0.2, -0.15) is 5.26 Å². The first kappa shape index (κ1) is 19.2. The van der Waals surface area contributed by atoms with E-state index in [2.05, 4.69) is 16.3 Å². The van der Waals surface area contributed by atoms with Gasteiger partial charge in [-0.3, -0.25) is 4.79 Å². The summed E-state index contributed by atoms with van der Waals surface area (Å²) in [6, 6.07) is 8.49. The number of hydrogen-bond acceptors (Lipinski definition) is 6. The molecule has 1 aromatic carbocycles. The number of carbonyl (C=O) groups excluding carboxylic acids is 1. The van der Waals surface area contributed by atoms with Gasteiger partial charge in [0.15, 0.2) is 5.82 Å². The number of carbonyl (C=O) groups is 1. The van der Waals surface area contributed by atoms with Crippen LogP contribution in [0, 0.1) is 17.1 Å². The molecule has 1 heterocycles. The number of thioether (sulfide) groups is 1. The third-order valence-electron chi connectivity index (χ3n) is 5.01. The third kappa shape index (κ3) is 3.76. The smallest absolute Gasteiger partial charge is 0.234 e. The van der Waals surface area contributed by atoms with Gasteiger partial charge in [0.1, 0.15) is 11.4 Å². The van der Waals surface area contributed by atoms with E-state index in [-0.39, 0.29) is 23.0 Å². The van der Waals surface area contributed by atoms with Crippen molar-refractivity contribution in [3.05, 3.63) is 30.1 Å². The first-order chi connectivity index (χ1) is 13.0. The second kappa shape index (κ2) is 7.96. The van der Waals surface area contributed by atoms with Gasteiger partial charge in [-0.25, -0.2) is 9.07 Å². The minimum atomic E-state index is -0.732. The van der Waals surface area contributed by atoms with Crippen molar-refractivity contribution in [2.45, 2.75) is 42.8 Å². The van der Waals surface area contributed by atoms with E-state index in [1.807, 2.05) is 0 Å². The Bertz CT molecular complexity index is 871. The monoisotopic (exact) mass is 388 g/mol. The second-order valence-electron chi connectivity index (χ2n) is 6.60. The summed E-state index contributed by atoms with van der Waals surface area (Å²) in [5.74, 6) is 5.64. The number of nitrogens with two attached hydrogens (primary N) is 1. The van der Waals surface area contributed by atoms with Crippen molar-refractivity contribution < 1.29 is 9.18 Å². The van der Waals surface area contributed by atoms with Crippen LogP contribution in [0.4, 0.5) is 4.39 Å². The van der Waals surface area contributed by atoms with E-state index in [1.165, 1.54) is 10.7 Å². The standard InChI is InChI=1S/C18H21FN6OS/c1-24(18(12-20)9-5-2-6-10-18)15(26)11-27-17-23-22-16(25(17)21)13-7-3-4-8-14(13)19/h3-4,7-8H,2,5-6,9-11,21H2,1H3. The lowest BCUT2D eigenvalue weighted by Crippen LogP contribution is -2.50. The lowest BCUT2D eigenvalue weighted by Gasteiger charge is -2.39. The number of rotatable bonds is 5. The van der Waals surface area contributed by atoms with E-state index in [1.54, 1.807) is 30.1 Å². The molecule has 3 rings (SSSR count). The molecule has 0 radical (unpaired) electrons. The highest BCUT2D eigenvalue weighted by Gasteiger charge is 2.38. The van der Waals surface area contributed by atoms with E-state index in [9.17, 15) is 14.4 Å². The van der Waals surface area contributed by atoms with Crippen molar-refractivity contribution in [3.8, 4) is 17.5 Å². The van der Waals surface area contributed by atoms with E-state index in [0.29, 0.717) is 18.0 Å². The van der Waals surface area contributed by atoms with Crippen molar-refractivity contribution in [1.29, 1.82) is 5.26 Å². The average molecular weight is 388 g/mol. The zero-order valence-corrected chi connectivity index (χ0v) is 15.9. The number of nitrogens with zero attached hydrogens (tertiary/aromatic N) is 5. The Balaban J connectivity index is 1.69. The fourth-order valence-corrected chi connectivity index (χ4v) is 4.09. The maximum Gasteiger partial charge on any atom is 0.234 e. The van der Waals surface area contributed by atoms with Crippen molar-refractivity contribution in [2.24, 2.45) is 0 Å². The zero-order chi connectivity index (χ0) is 19.4. The first-order valence-corrected chi connectivity index (χ1v) is 9.73. The molecule has 0 bridgehead atoms. The fraction of sp³-hybridized carbons (Fsp3) is 0.444. The van der Waals surface area contributed by atoms with E-state index >= 15 is 0 Å². The molecule has 1 amide bonds. The van der Waals surface area contributed by atoms with Crippen LogP contribution in [0.2, 0.25) is 0 Å². The van der Waals surface area contributed by atoms with Crippen LogP contribution in [0.1, 0.15) is 32.1 Å². The Hall–Kier alpha value is -2.60. The fourth-order valence-electron chi connectivity index (χ4n) is 3.32. The molecule has 142 valence electrons. The molecule has 1 fully saturated rings. The molecule has 7 nitrogen and oxygen atoms in total. The van der Waals surface area contributed by atoms with Crippen molar-refractivity contribution in [2.75, 3.05) is 18.6 Å². The van der Waals surface area contributed by atoms with Crippen LogP contribution in [-0.2, 0) is 4.79 Å². The Morgan fingerprint density at radius 2 is 2.07 bits per heavy atom. The highest BCUT2D eigenvalue weighted by atomic mass is 32.2. The van der Waals surface area contributed by atoms with Gasteiger partial charge in [-0.1, -0.05) is 43.2 Å². The first-order valence-electron chi connectivity index (χ1n) is 8.74. The van der Waals surface area contributed by atoms with Crippen LogP contribution in [0.3, 0.4) is 0 Å². The number of hydrogen-bond donors (Lipinski definition) is 1. The van der Waals surface area contributed by atoms with Crippen LogP contribution < -0.4 is 5.84 Å². The summed E-state index contributed by atoms with van der Waals surface area (Å²) in [4.78, 5) is 14.2. The molecule has 1 aliphatic carbocycles. The SMILES string of the molecule is CN(C(=O)CSc1nnc(-c2ccccc2F)n1N)C1(C#N)CCCCC1. The molecule has 9 heteroatoms. The van der Waals surface area contributed by atoms with Crippen LogP contribution in [0.5, 0.6) is 0 Å². The number of nitriles is 1. The van der Waals surface area contributed by atoms with Crippen LogP contribution >= 0.6 is 11.8 Å². The minimum Gasteiger partial charge on any atom is -0.335 e. The predicted octanol–water partition coefficient (Wildman–Crippen LogP) is 2.57. The van der Waals surface area contributed by atoms with Gasteiger partial charge < -0.3 is 10.7 Å². The summed E-state index contributed by atoms with van der Waals surface area (Å²) >= 11 is 1.12. The maximum absolute atomic E-state index is 13.9. The van der Waals surface area contributed by atoms with Crippen LogP contribution in [-0.4, -0.2) is 44.0 Å². The molecule has 1 saturated carbocycles. The van der Waals surface area contributed by atoms with E-state index < -0.39 is 11.4 Å². The summed E-state index contributed by atoms with van der Waals surface area (Å²) in [5, 5.41) is 17.8. The van der Waals surface area contributed by atoms with Gasteiger partial charge in [-0.05, 0) is 25.0 Å². The van der Waals surface area contributed by atoms with Crippen molar-refractivity contribution >= 4 is 17.7 Å². The molecule has 0 unspecified atom stereocenters. The highest BCUT2D eigenvalue weighted by Crippen LogP contribution is 2.33. The predicted molar refractivity (Wildman–Crippen MR) is 100 cm³/mol. The van der Waals surface area contributed by atoms with Crippen molar-refractivity contribution in [3.63, 3.8) is 0 Å². The summed E-state index contributed by atoms with van der Waals surface area (Å²) in [5.41, 5.74) is -0.488. The van der Waals surface area contributed by atoms with E-state index in [0.717, 1.165) is 31.0 Å². The highest BCUT2D eigenvalue weighted by molar-refractivity contribution is 7.99. The number of halogens is 1. The topological polar surface area (TPSA) is 101 Å². The van der Waals surface area contributed by atoms with Gasteiger partial charge in [0.05, 0.1) is 17.4 Å². The molecule has 0 saturated heterocycles. The van der Waals surface area contributed by atoms with E-state index in [4.69, 9.17) is 5.84 Å². The number of aromatic nitrogens is 3. The summed E-state index contributed by atoms with van der Waals surface area (Å²) < 4.78 is 15.1. The molecule has 2 N–H and O–H groups in total. The average Bonchev–Trinajstić information content (AvgIpc) is 3.06. The summed E-state index contributed by atoms with van der Waals surface area (Å²) in [7, 11) is 1.68. The molecular formula is C18H21FN6OS. The second-order valence-corrected chi connectivity index (χ2v) is 7.54. The minimum absolute atomic E-state index is 0.0759. The molecule has 1 aliphatic rings. The van der Waals surface area contributed by atoms with Crippen LogP contribution in [0.25, 0.3) is 11.4 Å². The lowest BCUT2D eigenvalue weighted by atomic mass is 9.81. The van der Waals surface area contributed by atoms with Crippen LogP contribution in [0.15, 0.2) is 29.4 Å². The van der Waals surface area contributed by atoms with Crippen molar-refractivity contribution in [1.82, 2.24) is 19.8 Å². The molecule has 0 aliphatic heterocycles. The number of benzene rings is 1. The molecule has 27 heavy (non-hydrogen) atoms. The molecule has 1 aromatic heterocycles. The summed E-state index contributed by atoms with van der Waals surface area (Å²) in [6.45, 7) is 0. The van der Waals surface area contributed by atoms with Gasteiger partial charge in [0.2, 0.25) is 11.1 Å². The zero-order valence-electron chi connectivity index (χ0n) is 15.1. The third-order valence-corrected chi connectivity index (χ3v) is 5.94. The number of nitrogen functional groups attached to an aromatic ring is 1. The van der Waals surface area contributed by atoms with Gasteiger partial charge in [0, 0.05) is 7.05 Å². The lowest BCUT2D eigenvalue weighted by molar-refractivity contribution is -0.131. The Morgan fingerprint density at radius 3 is 2.74 bits per heavy atom. The Kier molecular flexibility index (Phi) is 5.65. The van der Waals surface area contributed by atoms with Gasteiger partial charge in [-0.15, -0.1) is 10.2 Å². The molecule has 0 spiro atoms. The molecule has 0 atom stereocenters. The number of amides is 1. The van der Waals surface area contributed by atoms with Gasteiger partial charge >= 0.3 is 0 Å². The quantitative estimate of drug-likeness (QED) is 0.624. The Morgan fingerprint density at radius 1 is 1.37 bits per heavy atom. The molecular weight excluding hydrogens is 367 g/mol.